The van der Waals surface area contributed by atoms with Crippen molar-refractivity contribution in [1.82, 2.24) is 14.8 Å². The Morgan fingerprint density at radius 2 is 2.15 bits per heavy atom. The van der Waals surface area contributed by atoms with Crippen molar-refractivity contribution in [3.63, 3.8) is 0 Å². The summed E-state index contributed by atoms with van der Waals surface area (Å²) < 4.78 is 15.1. The lowest BCUT2D eigenvalue weighted by Gasteiger charge is -2.13. The number of halogens is 2. The fraction of sp³-hybridized carbons (Fsp3) is 0.333. The van der Waals surface area contributed by atoms with Gasteiger partial charge in [0.1, 0.15) is 11.6 Å². The second-order valence-electron chi connectivity index (χ2n) is 4.46. The zero-order valence-electron chi connectivity index (χ0n) is 10.9. The molecule has 8 heteroatoms. The molecule has 1 aromatic heterocycles. The molecule has 0 N–H and O–H groups in total. The summed E-state index contributed by atoms with van der Waals surface area (Å²) in [5.41, 5.74) is -0.130. The highest BCUT2D eigenvalue weighted by molar-refractivity contribution is 6.16. The molecule has 0 aliphatic carbocycles. The smallest absolute Gasteiger partial charge is 0.280 e. The van der Waals surface area contributed by atoms with Crippen LogP contribution < -0.4 is 0 Å². The summed E-state index contributed by atoms with van der Waals surface area (Å²) in [6, 6.07) is 3.18. The van der Waals surface area contributed by atoms with Gasteiger partial charge in [-0.05, 0) is 26.0 Å². The van der Waals surface area contributed by atoms with Crippen molar-refractivity contribution in [1.29, 1.82) is 0 Å². The molecule has 0 bridgehead atoms. The van der Waals surface area contributed by atoms with Gasteiger partial charge in [0.15, 0.2) is 5.82 Å². The van der Waals surface area contributed by atoms with Crippen LogP contribution in [-0.4, -0.2) is 19.7 Å². The Labute approximate surface area is 119 Å². The van der Waals surface area contributed by atoms with Gasteiger partial charge >= 0.3 is 0 Å². The second kappa shape index (κ2) is 5.54. The molecular weight excluding hydrogens is 287 g/mol. The van der Waals surface area contributed by atoms with E-state index in [9.17, 15) is 14.5 Å². The van der Waals surface area contributed by atoms with E-state index in [1.807, 2.05) is 13.8 Å². The zero-order valence-corrected chi connectivity index (χ0v) is 11.6. The molecule has 20 heavy (non-hydrogen) atoms. The Bertz CT molecular complexity index is 657. The second-order valence-corrected chi connectivity index (χ2v) is 4.72. The van der Waals surface area contributed by atoms with Gasteiger partial charge in [0.2, 0.25) is 0 Å². The number of aromatic nitrogens is 3. The van der Waals surface area contributed by atoms with Crippen LogP contribution in [-0.2, 0) is 5.88 Å². The standard InChI is InChI=1S/C12H12ClFN4O2/c1-7(2)17-11(6-13)15-16-12(17)9-5-8(14)3-4-10(9)18(19)20/h3-5,7H,6H2,1-2H3. The van der Waals surface area contributed by atoms with Crippen LogP contribution in [0.15, 0.2) is 18.2 Å². The predicted octanol–water partition coefficient (Wildman–Crippen LogP) is 3.31. The molecular formula is C12H12ClFN4O2. The number of nitrogens with zero attached hydrogens (tertiary/aromatic N) is 4. The Morgan fingerprint density at radius 1 is 1.45 bits per heavy atom. The molecule has 0 aliphatic rings. The van der Waals surface area contributed by atoms with Crippen molar-refractivity contribution in [3.8, 4) is 11.4 Å². The van der Waals surface area contributed by atoms with Gasteiger partial charge in [0.25, 0.3) is 5.69 Å². The van der Waals surface area contributed by atoms with E-state index in [1.165, 1.54) is 0 Å². The van der Waals surface area contributed by atoms with Crippen LogP contribution in [0.2, 0.25) is 0 Å². The summed E-state index contributed by atoms with van der Waals surface area (Å²) in [6.07, 6.45) is 0. The van der Waals surface area contributed by atoms with Crippen LogP contribution in [0.5, 0.6) is 0 Å². The van der Waals surface area contributed by atoms with E-state index in [-0.39, 0.29) is 29.0 Å². The number of nitro groups is 1. The van der Waals surface area contributed by atoms with Gasteiger partial charge in [-0.25, -0.2) is 4.39 Å². The van der Waals surface area contributed by atoms with Crippen molar-refractivity contribution in [2.75, 3.05) is 0 Å². The first-order valence-electron chi connectivity index (χ1n) is 5.89. The highest BCUT2D eigenvalue weighted by Gasteiger charge is 2.23. The zero-order chi connectivity index (χ0) is 14.9. The van der Waals surface area contributed by atoms with Crippen LogP contribution in [0.4, 0.5) is 10.1 Å². The molecule has 0 spiro atoms. The molecule has 0 atom stereocenters. The van der Waals surface area contributed by atoms with Gasteiger partial charge < -0.3 is 4.57 Å². The first-order valence-corrected chi connectivity index (χ1v) is 6.43. The number of hydrogen-bond donors (Lipinski definition) is 0. The van der Waals surface area contributed by atoms with Gasteiger partial charge in [-0.2, -0.15) is 0 Å². The summed E-state index contributed by atoms with van der Waals surface area (Å²) >= 11 is 5.78. The minimum atomic E-state index is -0.575. The maximum Gasteiger partial charge on any atom is 0.280 e. The summed E-state index contributed by atoms with van der Waals surface area (Å²) in [5, 5.41) is 18.9. The predicted molar refractivity (Wildman–Crippen MR) is 72.0 cm³/mol. The van der Waals surface area contributed by atoms with Crippen LogP contribution in [0.1, 0.15) is 25.7 Å². The van der Waals surface area contributed by atoms with Crippen LogP contribution >= 0.6 is 11.6 Å². The van der Waals surface area contributed by atoms with E-state index in [2.05, 4.69) is 10.2 Å². The van der Waals surface area contributed by atoms with E-state index >= 15 is 0 Å². The molecule has 1 aromatic carbocycles. The lowest BCUT2D eigenvalue weighted by Crippen LogP contribution is -2.08. The number of alkyl halides is 1. The lowest BCUT2D eigenvalue weighted by molar-refractivity contribution is -0.384. The molecule has 0 radical (unpaired) electrons. The van der Waals surface area contributed by atoms with Crippen LogP contribution in [0.3, 0.4) is 0 Å². The molecule has 0 aliphatic heterocycles. The fourth-order valence-corrected chi connectivity index (χ4v) is 2.17. The largest absolute Gasteiger partial charge is 0.307 e. The Kier molecular flexibility index (Phi) is 3.99. The number of rotatable bonds is 4. The van der Waals surface area contributed by atoms with Crippen LogP contribution in [0, 0.1) is 15.9 Å². The maximum atomic E-state index is 13.4. The van der Waals surface area contributed by atoms with Crippen molar-refractivity contribution < 1.29 is 9.31 Å². The average Bonchev–Trinajstić information content (AvgIpc) is 2.81. The van der Waals surface area contributed by atoms with E-state index in [0.717, 1.165) is 18.2 Å². The third-order valence-corrected chi connectivity index (χ3v) is 3.04. The monoisotopic (exact) mass is 298 g/mol. The Balaban J connectivity index is 2.71. The first-order chi connectivity index (χ1) is 9.45. The van der Waals surface area contributed by atoms with E-state index in [1.54, 1.807) is 4.57 Å². The normalized spacial score (nSPS) is 11.1. The molecule has 0 fully saturated rings. The van der Waals surface area contributed by atoms with E-state index in [4.69, 9.17) is 11.6 Å². The fourth-order valence-electron chi connectivity index (χ4n) is 1.99. The topological polar surface area (TPSA) is 73.8 Å². The molecule has 0 saturated heterocycles. The first kappa shape index (κ1) is 14.4. The molecule has 2 aromatic rings. The van der Waals surface area contributed by atoms with Gasteiger partial charge in [-0.3, -0.25) is 10.1 Å². The van der Waals surface area contributed by atoms with Gasteiger partial charge in [0.05, 0.1) is 16.4 Å². The van der Waals surface area contributed by atoms with E-state index < -0.39 is 10.7 Å². The molecule has 0 unspecified atom stereocenters. The van der Waals surface area contributed by atoms with Crippen molar-refractivity contribution in [2.45, 2.75) is 25.8 Å². The van der Waals surface area contributed by atoms with Crippen molar-refractivity contribution in [3.05, 3.63) is 40.0 Å². The summed E-state index contributed by atoms with van der Waals surface area (Å²) in [6.45, 7) is 3.74. The molecule has 6 nitrogen and oxygen atoms in total. The van der Waals surface area contributed by atoms with Gasteiger partial charge in [-0.1, -0.05) is 0 Å². The summed E-state index contributed by atoms with van der Waals surface area (Å²) in [5.74, 6) is 0.266. The van der Waals surface area contributed by atoms with Crippen molar-refractivity contribution in [2.24, 2.45) is 0 Å². The quantitative estimate of drug-likeness (QED) is 0.493. The molecule has 0 amide bonds. The number of benzene rings is 1. The van der Waals surface area contributed by atoms with Crippen LogP contribution in [0.25, 0.3) is 11.4 Å². The number of hydrogen-bond acceptors (Lipinski definition) is 4. The summed E-state index contributed by atoms with van der Waals surface area (Å²) in [4.78, 5) is 10.5. The minimum Gasteiger partial charge on any atom is -0.307 e. The lowest BCUT2D eigenvalue weighted by atomic mass is 10.1. The van der Waals surface area contributed by atoms with Gasteiger partial charge in [0, 0.05) is 12.1 Å². The summed E-state index contributed by atoms with van der Waals surface area (Å²) in [7, 11) is 0. The Morgan fingerprint density at radius 3 is 2.70 bits per heavy atom. The highest BCUT2D eigenvalue weighted by atomic mass is 35.5. The number of nitro benzene ring substituents is 1. The Hall–Kier alpha value is -2.02. The molecule has 1 heterocycles. The molecule has 106 valence electrons. The average molecular weight is 299 g/mol. The molecule has 0 saturated carbocycles. The maximum absolute atomic E-state index is 13.4. The SMILES string of the molecule is CC(C)n1c(CCl)nnc1-c1cc(F)ccc1[N+](=O)[O-]. The molecule has 2 rings (SSSR count). The third-order valence-electron chi connectivity index (χ3n) is 2.80. The van der Waals surface area contributed by atoms with Crippen molar-refractivity contribution >= 4 is 17.3 Å². The van der Waals surface area contributed by atoms with Gasteiger partial charge in [-0.15, -0.1) is 21.8 Å². The highest BCUT2D eigenvalue weighted by Crippen LogP contribution is 2.31. The third kappa shape index (κ3) is 2.49. The minimum absolute atomic E-state index is 0.0587. The van der Waals surface area contributed by atoms with E-state index in [0.29, 0.717) is 5.82 Å².